The summed E-state index contributed by atoms with van der Waals surface area (Å²) in [4.78, 5) is 15.6. The van der Waals surface area contributed by atoms with Crippen molar-refractivity contribution in [2.24, 2.45) is 10.2 Å². The highest BCUT2D eigenvalue weighted by molar-refractivity contribution is 5.91. The lowest BCUT2D eigenvalue weighted by Crippen LogP contribution is -1.97. The van der Waals surface area contributed by atoms with Crippen molar-refractivity contribution in [1.82, 2.24) is 9.38 Å². The minimum Gasteiger partial charge on any atom is -0.476 e. The van der Waals surface area contributed by atoms with E-state index in [1.165, 1.54) is 0 Å². The van der Waals surface area contributed by atoms with Gasteiger partial charge >= 0.3 is 5.97 Å². The van der Waals surface area contributed by atoms with Crippen LogP contribution in [0.15, 0.2) is 46.6 Å². The van der Waals surface area contributed by atoms with E-state index >= 15 is 0 Å². The molecule has 0 spiro atoms. The molecule has 0 radical (unpaired) electrons. The highest BCUT2D eigenvalue weighted by atomic mass is 16.4. The van der Waals surface area contributed by atoms with Crippen LogP contribution in [0.5, 0.6) is 0 Å². The minimum absolute atomic E-state index is 0.103. The fourth-order valence-electron chi connectivity index (χ4n) is 2.42. The Labute approximate surface area is 133 Å². The number of carboxylic acids is 1. The first kappa shape index (κ1) is 14.9. The van der Waals surface area contributed by atoms with Gasteiger partial charge in [0.2, 0.25) is 0 Å². The zero-order valence-electron chi connectivity index (χ0n) is 13.1. The Morgan fingerprint density at radius 3 is 2.57 bits per heavy atom. The van der Waals surface area contributed by atoms with Gasteiger partial charge in [-0.25, -0.2) is 9.78 Å². The molecule has 0 aliphatic carbocycles. The van der Waals surface area contributed by atoms with E-state index in [0.717, 1.165) is 16.8 Å². The molecule has 0 fully saturated rings. The van der Waals surface area contributed by atoms with Crippen LogP contribution in [-0.4, -0.2) is 20.5 Å². The number of imidazole rings is 1. The van der Waals surface area contributed by atoms with Crippen LogP contribution in [0.4, 0.5) is 11.5 Å². The van der Waals surface area contributed by atoms with Crippen molar-refractivity contribution in [1.29, 1.82) is 0 Å². The maximum atomic E-state index is 11.5. The maximum absolute atomic E-state index is 11.5. The second-order valence-electron chi connectivity index (χ2n) is 5.37. The molecule has 2 heterocycles. The molecule has 0 amide bonds. The van der Waals surface area contributed by atoms with Gasteiger partial charge in [0.1, 0.15) is 5.65 Å². The van der Waals surface area contributed by atoms with Crippen molar-refractivity contribution in [2.75, 3.05) is 0 Å². The fraction of sp³-hybridized carbons (Fsp3) is 0.176. The Kier molecular flexibility index (Phi) is 3.65. The van der Waals surface area contributed by atoms with E-state index < -0.39 is 5.97 Å². The molecule has 2 aromatic heterocycles. The number of hydrogen-bond donors (Lipinski definition) is 1. The molecule has 1 N–H and O–H groups in total. The molecule has 116 valence electrons. The van der Waals surface area contributed by atoms with E-state index in [1.807, 2.05) is 51.1 Å². The summed E-state index contributed by atoms with van der Waals surface area (Å²) in [6, 6.07) is 11.2. The Balaban J connectivity index is 2.19. The van der Waals surface area contributed by atoms with Crippen molar-refractivity contribution in [3.8, 4) is 0 Å². The van der Waals surface area contributed by atoms with Gasteiger partial charge in [0.15, 0.2) is 11.5 Å². The smallest absolute Gasteiger partial charge is 0.358 e. The molecule has 0 bridgehead atoms. The van der Waals surface area contributed by atoms with Crippen LogP contribution in [0, 0.1) is 20.8 Å². The molecular formula is C17H16N4O2. The van der Waals surface area contributed by atoms with Crippen LogP contribution in [-0.2, 0) is 0 Å². The van der Waals surface area contributed by atoms with Gasteiger partial charge in [0, 0.05) is 5.69 Å². The van der Waals surface area contributed by atoms with E-state index in [0.29, 0.717) is 11.3 Å². The molecule has 0 saturated carbocycles. The Morgan fingerprint density at radius 2 is 1.83 bits per heavy atom. The highest BCUT2D eigenvalue weighted by Crippen LogP contribution is 2.27. The first-order valence-electron chi connectivity index (χ1n) is 7.18. The van der Waals surface area contributed by atoms with Crippen LogP contribution in [0.1, 0.15) is 27.3 Å². The standard InChI is InChI=1S/C17H16N4O2/c1-10-6-4-8-13(12(10)3)19-20-16-15(17(22)23)18-14-9-5-7-11(2)21(14)16/h4-9H,1-3H3,(H,22,23). The van der Waals surface area contributed by atoms with Gasteiger partial charge in [-0.15, -0.1) is 10.2 Å². The predicted molar refractivity (Wildman–Crippen MR) is 87.0 cm³/mol. The Hall–Kier alpha value is -3.02. The molecule has 6 nitrogen and oxygen atoms in total. The summed E-state index contributed by atoms with van der Waals surface area (Å²) in [5.74, 6) is -0.894. The average molecular weight is 308 g/mol. The number of aromatic nitrogens is 2. The van der Waals surface area contributed by atoms with Crippen LogP contribution in [0.3, 0.4) is 0 Å². The molecule has 23 heavy (non-hydrogen) atoms. The number of hydrogen-bond acceptors (Lipinski definition) is 4. The van der Waals surface area contributed by atoms with E-state index in [-0.39, 0.29) is 11.5 Å². The quantitative estimate of drug-likeness (QED) is 0.729. The van der Waals surface area contributed by atoms with E-state index in [4.69, 9.17) is 0 Å². The number of azo groups is 1. The average Bonchev–Trinajstić information content (AvgIpc) is 2.89. The molecule has 6 heteroatoms. The van der Waals surface area contributed by atoms with Crippen molar-refractivity contribution in [3.05, 3.63) is 58.9 Å². The summed E-state index contributed by atoms with van der Waals surface area (Å²) in [5.41, 5.74) is 4.11. The predicted octanol–water partition coefficient (Wildman–Crippen LogP) is 4.37. The SMILES string of the molecule is Cc1cccc(N=Nc2c(C(=O)O)nc3cccc(C)n23)c1C. The van der Waals surface area contributed by atoms with Gasteiger partial charge in [-0.3, -0.25) is 4.40 Å². The summed E-state index contributed by atoms with van der Waals surface area (Å²) in [7, 11) is 0. The number of aryl methyl sites for hydroxylation is 2. The topological polar surface area (TPSA) is 79.3 Å². The van der Waals surface area contributed by atoms with Gasteiger partial charge in [-0.05, 0) is 50.1 Å². The number of fused-ring (bicyclic) bond motifs is 1. The molecule has 0 unspecified atom stereocenters. The molecule has 0 aliphatic rings. The van der Waals surface area contributed by atoms with Crippen LogP contribution >= 0.6 is 0 Å². The number of rotatable bonds is 3. The normalized spacial score (nSPS) is 11.4. The van der Waals surface area contributed by atoms with Gasteiger partial charge in [0.25, 0.3) is 0 Å². The molecule has 1 aromatic carbocycles. The third-order valence-electron chi connectivity index (χ3n) is 3.85. The van der Waals surface area contributed by atoms with Gasteiger partial charge in [-0.1, -0.05) is 18.2 Å². The van der Waals surface area contributed by atoms with Crippen LogP contribution in [0.2, 0.25) is 0 Å². The first-order valence-corrected chi connectivity index (χ1v) is 7.18. The van der Waals surface area contributed by atoms with Crippen LogP contribution < -0.4 is 0 Å². The third kappa shape index (κ3) is 2.59. The van der Waals surface area contributed by atoms with Gasteiger partial charge in [-0.2, -0.15) is 0 Å². The third-order valence-corrected chi connectivity index (χ3v) is 3.85. The van der Waals surface area contributed by atoms with Crippen molar-refractivity contribution < 1.29 is 9.90 Å². The number of benzene rings is 1. The number of pyridine rings is 1. The molecule has 0 saturated heterocycles. The summed E-state index contributed by atoms with van der Waals surface area (Å²) < 4.78 is 1.69. The number of carbonyl (C=O) groups is 1. The largest absolute Gasteiger partial charge is 0.476 e. The fourth-order valence-corrected chi connectivity index (χ4v) is 2.42. The lowest BCUT2D eigenvalue weighted by molar-refractivity contribution is 0.0692. The molecule has 3 rings (SSSR count). The second kappa shape index (κ2) is 5.64. The van der Waals surface area contributed by atoms with Crippen molar-refractivity contribution >= 4 is 23.1 Å². The minimum atomic E-state index is -1.12. The summed E-state index contributed by atoms with van der Waals surface area (Å²) in [5, 5.41) is 17.8. The molecular weight excluding hydrogens is 292 g/mol. The van der Waals surface area contributed by atoms with E-state index in [9.17, 15) is 9.90 Å². The second-order valence-corrected chi connectivity index (χ2v) is 5.37. The van der Waals surface area contributed by atoms with Gasteiger partial charge < -0.3 is 5.11 Å². The monoisotopic (exact) mass is 308 g/mol. The Bertz CT molecular complexity index is 941. The summed E-state index contributed by atoms with van der Waals surface area (Å²) in [6.45, 7) is 5.83. The lowest BCUT2D eigenvalue weighted by atomic mass is 10.1. The van der Waals surface area contributed by atoms with Crippen molar-refractivity contribution in [2.45, 2.75) is 20.8 Å². The number of nitrogens with zero attached hydrogens (tertiary/aromatic N) is 4. The summed E-state index contributed by atoms with van der Waals surface area (Å²) >= 11 is 0. The van der Waals surface area contributed by atoms with Crippen LogP contribution in [0.25, 0.3) is 5.65 Å². The Morgan fingerprint density at radius 1 is 1.09 bits per heavy atom. The molecule has 3 aromatic rings. The first-order chi connectivity index (χ1) is 11.0. The number of aromatic carboxylic acids is 1. The van der Waals surface area contributed by atoms with E-state index in [1.54, 1.807) is 10.5 Å². The maximum Gasteiger partial charge on any atom is 0.358 e. The molecule has 0 atom stereocenters. The summed E-state index contributed by atoms with van der Waals surface area (Å²) in [6.07, 6.45) is 0. The zero-order chi connectivity index (χ0) is 16.6. The zero-order valence-corrected chi connectivity index (χ0v) is 13.1. The highest BCUT2D eigenvalue weighted by Gasteiger charge is 2.19. The number of carboxylic acid groups (broad SMARTS) is 1. The van der Waals surface area contributed by atoms with Crippen molar-refractivity contribution in [3.63, 3.8) is 0 Å². The van der Waals surface area contributed by atoms with Gasteiger partial charge in [0.05, 0.1) is 5.69 Å². The lowest BCUT2D eigenvalue weighted by Gasteiger charge is -2.03. The molecule has 0 aliphatic heterocycles. The van der Waals surface area contributed by atoms with E-state index in [2.05, 4.69) is 15.2 Å².